The minimum atomic E-state index is -0.706. The molecule has 0 bridgehead atoms. The number of thiazole rings is 1. The standard InChI is InChI=1S/C29H25N3O7S/c1-16(2)38-28(34)25-17(3)30-29-31(26(25)18-8-6-5-7-9-18)27(33)24(40-29)15-20-11-13-22(39-20)21-12-10-19(32(35)36)14-23(21)37-4/h5-16,26H,1-4H3. The van der Waals surface area contributed by atoms with Gasteiger partial charge in [-0.25, -0.2) is 9.79 Å². The number of nitro benzene ring substituents is 1. The number of furan rings is 1. The van der Waals surface area contributed by atoms with Gasteiger partial charge in [0.2, 0.25) is 0 Å². The van der Waals surface area contributed by atoms with E-state index < -0.39 is 16.9 Å². The van der Waals surface area contributed by atoms with E-state index in [1.807, 2.05) is 30.3 Å². The number of carbonyl (C=O) groups is 1. The van der Waals surface area contributed by atoms with E-state index >= 15 is 0 Å². The highest BCUT2D eigenvalue weighted by atomic mass is 32.1. The maximum atomic E-state index is 13.8. The van der Waals surface area contributed by atoms with Crippen LogP contribution in [0.1, 0.15) is 38.1 Å². The van der Waals surface area contributed by atoms with Crippen molar-refractivity contribution < 1.29 is 23.6 Å². The first-order valence-corrected chi connectivity index (χ1v) is 13.2. The van der Waals surface area contributed by atoms with Crippen molar-refractivity contribution >= 4 is 29.1 Å². The summed E-state index contributed by atoms with van der Waals surface area (Å²) < 4.78 is 18.7. The van der Waals surface area contributed by atoms with Crippen molar-refractivity contribution in [3.05, 3.63) is 113 Å². The first-order chi connectivity index (χ1) is 19.2. The van der Waals surface area contributed by atoms with E-state index in [0.717, 1.165) is 5.56 Å². The number of aromatic nitrogens is 1. The van der Waals surface area contributed by atoms with Gasteiger partial charge in [0.15, 0.2) is 4.80 Å². The fourth-order valence-electron chi connectivity index (χ4n) is 4.51. The number of hydrogen-bond acceptors (Lipinski definition) is 9. The average Bonchev–Trinajstić information content (AvgIpc) is 3.51. The van der Waals surface area contributed by atoms with Crippen molar-refractivity contribution in [2.45, 2.75) is 32.9 Å². The Balaban J connectivity index is 1.60. The van der Waals surface area contributed by atoms with Gasteiger partial charge in [-0.05, 0) is 44.5 Å². The Kier molecular flexibility index (Phi) is 7.22. The number of esters is 1. The molecule has 0 saturated carbocycles. The SMILES string of the molecule is COc1cc([N+](=O)[O-])ccc1-c1ccc(C=c2sc3n(c2=O)C(c2ccccc2)C(C(=O)OC(C)C)=C(C)N=3)o1. The molecule has 1 unspecified atom stereocenters. The molecule has 1 atom stereocenters. The maximum Gasteiger partial charge on any atom is 0.338 e. The van der Waals surface area contributed by atoms with Gasteiger partial charge in [0.25, 0.3) is 11.2 Å². The zero-order chi connectivity index (χ0) is 28.6. The third kappa shape index (κ3) is 4.98. The molecule has 0 saturated heterocycles. The van der Waals surface area contributed by atoms with E-state index in [1.165, 1.54) is 35.1 Å². The van der Waals surface area contributed by atoms with Crippen molar-refractivity contribution in [1.82, 2.24) is 4.57 Å². The third-order valence-corrected chi connectivity index (χ3v) is 7.24. The molecule has 4 aromatic rings. The number of non-ortho nitro benzene ring substituents is 1. The van der Waals surface area contributed by atoms with Crippen molar-refractivity contribution in [3.8, 4) is 17.1 Å². The van der Waals surface area contributed by atoms with Gasteiger partial charge in [-0.2, -0.15) is 0 Å². The molecular weight excluding hydrogens is 534 g/mol. The van der Waals surface area contributed by atoms with E-state index in [4.69, 9.17) is 13.9 Å². The summed E-state index contributed by atoms with van der Waals surface area (Å²) >= 11 is 1.19. The summed E-state index contributed by atoms with van der Waals surface area (Å²) in [6.45, 7) is 5.27. The van der Waals surface area contributed by atoms with Crippen LogP contribution in [0.3, 0.4) is 0 Å². The molecule has 204 valence electrons. The van der Waals surface area contributed by atoms with Crippen LogP contribution in [-0.2, 0) is 9.53 Å². The van der Waals surface area contributed by atoms with Crippen LogP contribution in [0.15, 0.2) is 86.1 Å². The number of benzene rings is 2. The number of nitrogens with zero attached hydrogens (tertiary/aromatic N) is 3. The lowest BCUT2D eigenvalue weighted by atomic mass is 9.96. The quantitative estimate of drug-likeness (QED) is 0.187. The lowest BCUT2D eigenvalue weighted by Crippen LogP contribution is -2.40. The number of carbonyl (C=O) groups excluding carboxylic acids is 1. The minimum absolute atomic E-state index is 0.103. The smallest absolute Gasteiger partial charge is 0.338 e. The maximum absolute atomic E-state index is 13.8. The molecule has 0 aliphatic carbocycles. The fourth-order valence-corrected chi connectivity index (χ4v) is 5.54. The van der Waals surface area contributed by atoms with Gasteiger partial charge in [0.1, 0.15) is 17.3 Å². The molecule has 2 aromatic heterocycles. The number of allylic oxidation sites excluding steroid dienone is 1. The number of nitro groups is 1. The molecule has 0 fully saturated rings. The molecule has 40 heavy (non-hydrogen) atoms. The molecule has 3 heterocycles. The Morgan fingerprint density at radius 2 is 1.93 bits per heavy atom. The largest absolute Gasteiger partial charge is 0.496 e. The molecule has 1 aliphatic heterocycles. The zero-order valence-electron chi connectivity index (χ0n) is 22.1. The molecule has 10 nitrogen and oxygen atoms in total. The Morgan fingerprint density at radius 1 is 1.18 bits per heavy atom. The normalized spacial score (nSPS) is 15.1. The van der Waals surface area contributed by atoms with Gasteiger partial charge >= 0.3 is 5.97 Å². The molecule has 5 rings (SSSR count). The molecule has 0 N–H and O–H groups in total. The van der Waals surface area contributed by atoms with Crippen LogP contribution in [-0.4, -0.2) is 28.7 Å². The van der Waals surface area contributed by atoms with E-state index in [9.17, 15) is 19.7 Å². The summed E-state index contributed by atoms with van der Waals surface area (Å²) in [6, 6.07) is 16.2. The Labute approximate surface area is 232 Å². The number of hydrogen-bond donors (Lipinski definition) is 0. The van der Waals surface area contributed by atoms with Crippen LogP contribution in [0.2, 0.25) is 0 Å². The van der Waals surface area contributed by atoms with Crippen LogP contribution in [0.4, 0.5) is 5.69 Å². The fraction of sp³-hybridized carbons (Fsp3) is 0.207. The van der Waals surface area contributed by atoms with E-state index in [2.05, 4.69) is 4.99 Å². The lowest BCUT2D eigenvalue weighted by Gasteiger charge is -2.25. The van der Waals surface area contributed by atoms with Gasteiger partial charge in [-0.15, -0.1) is 0 Å². The van der Waals surface area contributed by atoms with Gasteiger partial charge in [-0.3, -0.25) is 19.5 Å². The van der Waals surface area contributed by atoms with Crippen LogP contribution in [0, 0.1) is 10.1 Å². The van der Waals surface area contributed by atoms with Crippen molar-refractivity contribution in [1.29, 1.82) is 0 Å². The number of methoxy groups -OCH3 is 1. The second kappa shape index (κ2) is 10.8. The second-order valence-corrected chi connectivity index (χ2v) is 10.3. The molecule has 0 spiro atoms. The number of rotatable bonds is 7. The van der Waals surface area contributed by atoms with Gasteiger partial charge in [0, 0.05) is 12.1 Å². The van der Waals surface area contributed by atoms with Crippen LogP contribution in [0.25, 0.3) is 17.4 Å². The van der Waals surface area contributed by atoms with Gasteiger partial charge < -0.3 is 13.9 Å². The summed E-state index contributed by atoms with van der Waals surface area (Å²) in [5, 5.41) is 11.1. The summed E-state index contributed by atoms with van der Waals surface area (Å²) in [6.07, 6.45) is 1.27. The summed E-state index contributed by atoms with van der Waals surface area (Å²) in [5.41, 5.74) is 1.65. The van der Waals surface area contributed by atoms with Crippen molar-refractivity contribution in [2.75, 3.05) is 7.11 Å². The lowest BCUT2D eigenvalue weighted by molar-refractivity contribution is -0.384. The highest BCUT2D eigenvalue weighted by Crippen LogP contribution is 2.34. The molecular formula is C29H25N3O7S. The average molecular weight is 560 g/mol. The number of fused-ring (bicyclic) bond motifs is 1. The minimum Gasteiger partial charge on any atom is -0.496 e. The Bertz CT molecular complexity index is 1830. The zero-order valence-corrected chi connectivity index (χ0v) is 22.9. The predicted octanol–water partition coefficient (Wildman–Crippen LogP) is 4.36. The molecule has 2 aromatic carbocycles. The monoisotopic (exact) mass is 559 g/mol. The summed E-state index contributed by atoms with van der Waals surface area (Å²) in [5.74, 6) is 0.579. The van der Waals surface area contributed by atoms with Gasteiger partial charge in [0.05, 0.1) is 51.6 Å². The Morgan fingerprint density at radius 3 is 2.60 bits per heavy atom. The van der Waals surface area contributed by atoms with Crippen LogP contribution in [0.5, 0.6) is 5.75 Å². The molecule has 11 heteroatoms. The van der Waals surface area contributed by atoms with E-state index in [1.54, 1.807) is 45.0 Å². The Hall–Kier alpha value is -4.77. The number of ether oxygens (including phenoxy) is 2. The summed E-state index contributed by atoms with van der Waals surface area (Å²) in [4.78, 5) is 42.6. The molecule has 0 radical (unpaired) electrons. The molecule has 0 amide bonds. The molecule has 1 aliphatic rings. The second-order valence-electron chi connectivity index (χ2n) is 9.29. The predicted molar refractivity (Wildman–Crippen MR) is 149 cm³/mol. The van der Waals surface area contributed by atoms with E-state index in [-0.39, 0.29) is 23.1 Å². The van der Waals surface area contributed by atoms with E-state index in [0.29, 0.717) is 37.7 Å². The van der Waals surface area contributed by atoms with Gasteiger partial charge in [-0.1, -0.05) is 41.7 Å². The van der Waals surface area contributed by atoms with Crippen LogP contribution >= 0.6 is 11.3 Å². The summed E-state index contributed by atoms with van der Waals surface area (Å²) in [7, 11) is 1.42. The topological polar surface area (TPSA) is 126 Å². The first kappa shape index (κ1) is 26.8. The highest BCUT2D eigenvalue weighted by Gasteiger charge is 2.33. The van der Waals surface area contributed by atoms with Crippen LogP contribution < -0.4 is 19.6 Å². The van der Waals surface area contributed by atoms with Crippen molar-refractivity contribution in [2.24, 2.45) is 4.99 Å². The first-order valence-electron chi connectivity index (χ1n) is 12.4. The van der Waals surface area contributed by atoms with Crippen molar-refractivity contribution in [3.63, 3.8) is 0 Å². The highest BCUT2D eigenvalue weighted by molar-refractivity contribution is 7.07. The third-order valence-electron chi connectivity index (χ3n) is 6.26.